The van der Waals surface area contributed by atoms with Crippen molar-refractivity contribution in [2.75, 3.05) is 20.2 Å². The van der Waals surface area contributed by atoms with Gasteiger partial charge in [-0.15, -0.1) is 0 Å². The average molecular weight is 577 g/mol. The minimum absolute atomic E-state index is 0.0896. The molecule has 6 nitrogen and oxygen atoms in total. The number of hydrogen-bond donors (Lipinski definition) is 1. The fourth-order valence-electron chi connectivity index (χ4n) is 8.80. The van der Waals surface area contributed by atoms with Crippen LogP contribution in [-0.4, -0.2) is 54.8 Å². The third kappa shape index (κ3) is 4.33. The molecule has 1 saturated heterocycles. The van der Waals surface area contributed by atoms with E-state index in [1.54, 1.807) is 13.2 Å². The molecule has 1 N–H and O–H groups in total. The number of nitrogens with one attached hydrogen (secondary N) is 1. The molecule has 6 heteroatoms. The van der Waals surface area contributed by atoms with Crippen LogP contribution in [0.5, 0.6) is 11.5 Å². The van der Waals surface area contributed by atoms with Crippen molar-refractivity contribution in [2.24, 2.45) is 5.92 Å². The number of carbonyl (C=O) groups excluding carboxylic acids is 1. The van der Waals surface area contributed by atoms with Crippen molar-refractivity contribution in [1.82, 2.24) is 10.2 Å². The summed E-state index contributed by atoms with van der Waals surface area (Å²) in [6.45, 7) is 2.72. The van der Waals surface area contributed by atoms with Crippen LogP contribution in [-0.2, 0) is 28.0 Å². The molecule has 3 aromatic carbocycles. The first kappa shape index (κ1) is 27.0. The van der Waals surface area contributed by atoms with Gasteiger partial charge in [0.15, 0.2) is 11.5 Å². The van der Waals surface area contributed by atoms with Crippen LogP contribution in [0.1, 0.15) is 54.4 Å². The molecule has 0 aromatic heterocycles. The van der Waals surface area contributed by atoms with E-state index in [-0.39, 0.29) is 29.5 Å². The molecule has 43 heavy (non-hydrogen) atoms. The molecular formula is C37H40N2O4. The van der Waals surface area contributed by atoms with Gasteiger partial charge in [-0.1, -0.05) is 66.7 Å². The van der Waals surface area contributed by atoms with E-state index in [2.05, 4.69) is 52.7 Å². The standard InChI is InChI=1S/C37H40N2O4/c1-41-30-16-15-28-22-31-37(42-24-27-10-6-3-7-11-27)19-18-29(38-32(40)17-14-25-8-4-2-5-9-25)35-36(37,33(28)34(30)43-35)20-21-39(31)23-26-12-13-26/h2-11,14-17,26,29,31,35H,12-13,18-24H2,1H3,(H,38,40)/b17-14+/t29-,31-,35+,36+,37-/m1/s1. The molecule has 5 aliphatic rings. The van der Waals surface area contributed by atoms with Crippen LogP contribution in [0.4, 0.5) is 0 Å². The fraction of sp³-hybridized carbons (Fsp3) is 0.432. The molecule has 3 fully saturated rings. The number of amides is 1. The summed E-state index contributed by atoms with van der Waals surface area (Å²) >= 11 is 0. The monoisotopic (exact) mass is 576 g/mol. The Balaban J connectivity index is 1.20. The Hall–Kier alpha value is -3.61. The van der Waals surface area contributed by atoms with E-state index in [4.69, 9.17) is 14.2 Å². The normalized spacial score (nSPS) is 30.5. The highest BCUT2D eigenvalue weighted by molar-refractivity contribution is 5.92. The van der Waals surface area contributed by atoms with Crippen LogP contribution in [0, 0.1) is 5.92 Å². The van der Waals surface area contributed by atoms with Crippen LogP contribution in [0.3, 0.4) is 0 Å². The lowest BCUT2D eigenvalue weighted by atomic mass is 9.48. The lowest BCUT2D eigenvalue weighted by Crippen LogP contribution is -2.79. The van der Waals surface area contributed by atoms with Gasteiger partial charge in [0.1, 0.15) is 6.10 Å². The Morgan fingerprint density at radius 1 is 1.02 bits per heavy atom. The number of likely N-dealkylation sites (tertiary alicyclic amines) is 1. The highest BCUT2D eigenvalue weighted by atomic mass is 16.5. The fourth-order valence-corrected chi connectivity index (χ4v) is 8.80. The van der Waals surface area contributed by atoms with Crippen LogP contribution in [0.25, 0.3) is 6.08 Å². The van der Waals surface area contributed by atoms with E-state index in [9.17, 15) is 4.79 Å². The molecule has 8 rings (SSSR count). The molecule has 1 spiro atoms. The number of piperidine rings is 1. The van der Waals surface area contributed by atoms with Crippen molar-refractivity contribution in [3.8, 4) is 11.5 Å². The zero-order valence-corrected chi connectivity index (χ0v) is 24.8. The van der Waals surface area contributed by atoms with Crippen molar-refractivity contribution in [2.45, 2.75) is 74.3 Å². The Kier molecular flexibility index (Phi) is 6.61. The number of rotatable bonds is 9. The summed E-state index contributed by atoms with van der Waals surface area (Å²) in [6, 6.07) is 24.9. The van der Waals surface area contributed by atoms with Gasteiger partial charge in [-0.25, -0.2) is 0 Å². The Morgan fingerprint density at radius 2 is 1.81 bits per heavy atom. The van der Waals surface area contributed by atoms with Crippen LogP contribution < -0.4 is 14.8 Å². The number of ether oxygens (including phenoxy) is 3. The summed E-state index contributed by atoms with van der Waals surface area (Å²) in [5, 5.41) is 3.38. The van der Waals surface area contributed by atoms with Crippen molar-refractivity contribution in [3.63, 3.8) is 0 Å². The number of methoxy groups -OCH3 is 1. The Morgan fingerprint density at radius 3 is 2.58 bits per heavy atom. The lowest BCUT2D eigenvalue weighted by Gasteiger charge is -2.66. The summed E-state index contributed by atoms with van der Waals surface area (Å²) < 4.78 is 20.3. The maximum Gasteiger partial charge on any atom is 0.244 e. The summed E-state index contributed by atoms with van der Waals surface area (Å²) in [5.41, 5.74) is 4.01. The van der Waals surface area contributed by atoms with Gasteiger partial charge < -0.3 is 19.5 Å². The van der Waals surface area contributed by atoms with Crippen molar-refractivity contribution in [1.29, 1.82) is 0 Å². The van der Waals surface area contributed by atoms with Crippen LogP contribution in [0.15, 0.2) is 78.9 Å². The molecule has 0 radical (unpaired) electrons. The summed E-state index contributed by atoms with van der Waals surface area (Å²) in [4.78, 5) is 16.1. The number of hydrogen-bond acceptors (Lipinski definition) is 5. The minimum Gasteiger partial charge on any atom is -0.493 e. The summed E-state index contributed by atoms with van der Waals surface area (Å²) in [7, 11) is 1.72. The zero-order chi connectivity index (χ0) is 29.0. The molecule has 3 aromatic rings. The number of nitrogens with zero attached hydrogens (tertiary/aromatic N) is 1. The maximum absolute atomic E-state index is 13.4. The van der Waals surface area contributed by atoms with E-state index in [1.165, 1.54) is 29.5 Å². The molecule has 2 heterocycles. The summed E-state index contributed by atoms with van der Waals surface area (Å²) in [5.74, 6) is 2.34. The van der Waals surface area contributed by atoms with Crippen molar-refractivity contribution >= 4 is 12.0 Å². The van der Waals surface area contributed by atoms with Crippen LogP contribution >= 0.6 is 0 Å². The van der Waals surface area contributed by atoms with E-state index >= 15 is 0 Å². The van der Waals surface area contributed by atoms with Gasteiger partial charge in [-0.2, -0.15) is 0 Å². The number of benzene rings is 3. The topological polar surface area (TPSA) is 60.0 Å². The lowest BCUT2D eigenvalue weighted by molar-refractivity contribution is -0.226. The SMILES string of the molecule is COc1ccc2c3c1O[C@H]1[C@H](NC(=O)/C=C/c4ccccc4)CC[C@@]4(OCc5ccccc5)[C@@H](C2)N(CC2CC2)CC[C@]314. The Bertz CT molecular complexity index is 1540. The predicted octanol–water partition coefficient (Wildman–Crippen LogP) is 5.68. The third-order valence-corrected chi connectivity index (χ3v) is 10.8. The van der Waals surface area contributed by atoms with E-state index in [0.29, 0.717) is 6.61 Å². The van der Waals surface area contributed by atoms with Gasteiger partial charge in [0.05, 0.1) is 30.8 Å². The zero-order valence-electron chi connectivity index (χ0n) is 24.8. The molecule has 1 amide bonds. The smallest absolute Gasteiger partial charge is 0.244 e. The van der Waals surface area contributed by atoms with E-state index in [0.717, 1.165) is 61.8 Å². The van der Waals surface area contributed by atoms with Crippen molar-refractivity contribution < 1.29 is 19.0 Å². The molecule has 222 valence electrons. The van der Waals surface area contributed by atoms with Gasteiger partial charge in [0.2, 0.25) is 5.91 Å². The van der Waals surface area contributed by atoms with Crippen molar-refractivity contribution in [3.05, 3.63) is 101 Å². The number of carbonyl (C=O) groups is 1. The molecule has 5 atom stereocenters. The first-order valence-corrected chi connectivity index (χ1v) is 15.9. The van der Waals surface area contributed by atoms with Gasteiger partial charge in [-0.05, 0) is 79.8 Å². The third-order valence-electron chi connectivity index (χ3n) is 10.8. The molecule has 2 bridgehead atoms. The predicted molar refractivity (Wildman–Crippen MR) is 166 cm³/mol. The molecule has 2 saturated carbocycles. The molecule has 2 aliphatic heterocycles. The second-order valence-corrected chi connectivity index (χ2v) is 13.1. The average Bonchev–Trinajstić information content (AvgIpc) is 3.79. The quantitative estimate of drug-likeness (QED) is 0.332. The first-order valence-electron chi connectivity index (χ1n) is 15.9. The van der Waals surface area contributed by atoms with E-state index < -0.39 is 5.60 Å². The first-order chi connectivity index (χ1) is 21.1. The largest absolute Gasteiger partial charge is 0.493 e. The maximum atomic E-state index is 13.4. The highest BCUT2D eigenvalue weighted by Crippen LogP contribution is 2.67. The van der Waals surface area contributed by atoms with Gasteiger partial charge >= 0.3 is 0 Å². The Labute approximate surface area is 254 Å². The second-order valence-electron chi connectivity index (χ2n) is 13.1. The molecular weight excluding hydrogens is 536 g/mol. The highest BCUT2D eigenvalue weighted by Gasteiger charge is 2.74. The van der Waals surface area contributed by atoms with E-state index in [1.807, 2.05) is 36.4 Å². The van der Waals surface area contributed by atoms with Gasteiger partial charge in [0, 0.05) is 24.2 Å². The van der Waals surface area contributed by atoms with Gasteiger partial charge in [0.25, 0.3) is 0 Å². The molecule has 0 unspecified atom stereocenters. The summed E-state index contributed by atoms with van der Waals surface area (Å²) in [6.07, 6.45) is 9.51. The second kappa shape index (κ2) is 10.5. The van der Waals surface area contributed by atoms with Crippen LogP contribution in [0.2, 0.25) is 0 Å². The minimum atomic E-state index is -0.424. The molecule has 3 aliphatic carbocycles. The van der Waals surface area contributed by atoms with Gasteiger partial charge in [-0.3, -0.25) is 9.69 Å².